The minimum Gasteiger partial charge on any atom is -0.462 e. The van der Waals surface area contributed by atoms with Gasteiger partial charge in [0.25, 0.3) is 0 Å². The Morgan fingerprint density at radius 3 is 0.538 bits per heavy atom. The molecule has 0 aromatic carbocycles. The largest absolute Gasteiger partial charge is 0.462 e. The molecule has 0 aromatic rings. The Morgan fingerprint density at radius 2 is 0.393 bits per heavy atom. The fourth-order valence-corrected chi connectivity index (χ4v) is 11.9. The van der Waals surface area contributed by atoms with Crippen molar-refractivity contribution in [3.8, 4) is 0 Å². The third-order valence-electron chi connectivity index (χ3n) is 16.5. The molecule has 0 saturated heterocycles. The van der Waals surface area contributed by atoms with Gasteiger partial charge in [0.05, 0.1) is 36.6 Å². The summed E-state index contributed by atoms with van der Waals surface area (Å²) in [5.41, 5.74) is 0. The predicted molar refractivity (Wildman–Crippen MR) is 484 cm³/mol. The second-order valence-electron chi connectivity index (χ2n) is 38.0. The summed E-state index contributed by atoms with van der Waals surface area (Å²) in [4.78, 5) is 93.5. The van der Waals surface area contributed by atoms with Crippen LogP contribution in [0.5, 0.6) is 0 Å². The van der Waals surface area contributed by atoms with Crippen molar-refractivity contribution in [3.63, 3.8) is 0 Å². The van der Waals surface area contributed by atoms with Crippen LogP contribution in [-0.2, 0) is 76.3 Å². The van der Waals surface area contributed by atoms with Gasteiger partial charge in [-0.2, -0.15) is 0 Å². The lowest BCUT2D eigenvalue weighted by atomic mass is 9.98. The molecule has 2 aliphatic carbocycles. The van der Waals surface area contributed by atoms with Crippen LogP contribution in [0.2, 0.25) is 0 Å². The molecule has 2 aliphatic rings. The molecule has 117 heavy (non-hydrogen) atoms. The van der Waals surface area contributed by atoms with Crippen molar-refractivity contribution >= 4 is 47.8 Å². The van der Waals surface area contributed by atoms with Crippen LogP contribution in [0.3, 0.4) is 0 Å². The number of esters is 8. The third kappa shape index (κ3) is 77.3. The van der Waals surface area contributed by atoms with Crippen LogP contribution >= 0.6 is 0 Å². The van der Waals surface area contributed by atoms with E-state index in [9.17, 15) is 38.4 Å². The molecule has 8 atom stereocenters. The quantitative estimate of drug-likeness (QED) is 0.0208. The van der Waals surface area contributed by atoms with Gasteiger partial charge in [-0.25, -0.2) is 0 Å². The van der Waals surface area contributed by atoms with Crippen LogP contribution in [-0.4, -0.2) is 193 Å². The fraction of sp³-hybridized carbons (Fsp3) is 0.914. The highest BCUT2D eigenvalue weighted by Crippen LogP contribution is 2.23. The standard InChI is InChI=1S/2C12H23NO2.3C12H25NO2.3C11H23NO2/c2*1-9(2)13-10(3)12(14)15-11-7-5-4-6-8-11;3*1-8(2)7-11(13-9(3)4)12(14)15-10(5)6;3*1-7(2)10(12-8(3)4)11(13)14-9(5)6/h2*9-11,13H,4-8H2,1-3H3;3*8-11,13H,7H2,1-6H3;3*7-10,12H,1-6H3/t2*10-;2*11-;;2*10-;/m1010.10./s1. The Kier molecular flexibility index (Phi) is 74.7. The second-order valence-corrected chi connectivity index (χ2v) is 38.0. The molecule has 0 radical (unpaired) electrons. The van der Waals surface area contributed by atoms with Crippen molar-refractivity contribution in [2.24, 2.45) is 35.5 Å². The Hall–Kier alpha value is -4.56. The Morgan fingerprint density at radius 1 is 0.222 bits per heavy atom. The molecule has 2 saturated carbocycles. The normalized spacial score (nSPS) is 15.4. The number of ether oxygens (including phenoxy) is 8. The van der Waals surface area contributed by atoms with Crippen molar-refractivity contribution < 1.29 is 76.3 Å². The van der Waals surface area contributed by atoms with E-state index in [1.807, 2.05) is 249 Å². The van der Waals surface area contributed by atoms with Crippen LogP contribution < -0.4 is 42.5 Å². The average molecular weight is 1680 g/mol. The molecule has 0 aromatic heterocycles. The molecule has 24 nitrogen and oxygen atoms in total. The second kappa shape index (κ2) is 70.9. The zero-order chi connectivity index (χ0) is 92.4. The Balaban J connectivity index is -0.000000301. The first-order chi connectivity index (χ1) is 53.7. The summed E-state index contributed by atoms with van der Waals surface area (Å²) < 4.78 is 42.1. The van der Waals surface area contributed by atoms with Crippen molar-refractivity contribution in [1.82, 2.24) is 42.5 Å². The summed E-state index contributed by atoms with van der Waals surface area (Å²) in [6, 6.07) is 0.929. The fourth-order valence-electron chi connectivity index (χ4n) is 11.9. The molecule has 0 aliphatic heterocycles. The number of carbonyl (C=O) groups excluding carboxylic acids is 8. The van der Waals surface area contributed by atoms with Gasteiger partial charge in [-0.05, 0) is 203 Å². The van der Waals surface area contributed by atoms with Crippen molar-refractivity contribution in [3.05, 3.63) is 0 Å². The summed E-state index contributed by atoms with van der Waals surface area (Å²) in [6.45, 7) is 83.4. The highest BCUT2D eigenvalue weighted by molar-refractivity contribution is 5.79. The molecule has 2 unspecified atom stereocenters. The maximum absolute atomic E-state index is 11.7. The molecule has 24 heteroatoms. The smallest absolute Gasteiger partial charge is 0.323 e. The number of hydrogen-bond acceptors (Lipinski definition) is 24. The molecule has 698 valence electrons. The number of hydrogen-bond donors (Lipinski definition) is 8. The topological polar surface area (TPSA) is 307 Å². The zero-order valence-electron chi connectivity index (χ0n) is 83.0. The highest BCUT2D eigenvalue weighted by atomic mass is 16.6. The van der Waals surface area contributed by atoms with E-state index in [1.165, 1.54) is 38.5 Å². The van der Waals surface area contributed by atoms with Crippen LogP contribution in [0.15, 0.2) is 0 Å². The van der Waals surface area contributed by atoms with Crippen LogP contribution in [0.4, 0.5) is 0 Å². The molecule has 0 heterocycles. The number of rotatable bonds is 41. The highest BCUT2D eigenvalue weighted by Gasteiger charge is 2.31. The van der Waals surface area contributed by atoms with Gasteiger partial charge in [0.15, 0.2) is 0 Å². The van der Waals surface area contributed by atoms with E-state index in [-0.39, 0.29) is 163 Å². The van der Waals surface area contributed by atoms with Crippen LogP contribution in [0.25, 0.3) is 0 Å². The molecule has 0 bridgehead atoms. The first-order valence-electron chi connectivity index (χ1n) is 45.4. The predicted octanol–water partition coefficient (Wildman–Crippen LogP) is 17.4. The summed E-state index contributed by atoms with van der Waals surface area (Å²) in [6.07, 6.45) is 14.1. The van der Waals surface area contributed by atoms with Crippen LogP contribution in [0.1, 0.15) is 374 Å². The van der Waals surface area contributed by atoms with Gasteiger partial charge in [0.1, 0.15) is 60.5 Å². The van der Waals surface area contributed by atoms with Gasteiger partial charge < -0.3 is 80.4 Å². The zero-order valence-corrected chi connectivity index (χ0v) is 83.0. The summed E-state index contributed by atoms with van der Waals surface area (Å²) >= 11 is 0. The summed E-state index contributed by atoms with van der Waals surface area (Å²) in [7, 11) is 0. The van der Waals surface area contributed by atoms with E-state index in [2.05, 4.69) is 84.1 Å². The van der Waals surface area contributed by atoms with Crippen LogP contribution in [0, 0.1) is 35.5 Å². The average Bonchev–Trinajstić information content (AvgIpc) is 0.902. The van der Waals surface area contributed by atoms with E-state index in [4.69, 9.17) is 37.9 Å². The SMILES string of the molecule is CC(C)CC(NC(C)C)C(=O)OC(C)C.CC(C)C[C@@H](NC(C)C)C(=O)OC(C)C.CC(C)C[C@H](NC(C)C)C(=O)OC(C)C.CC(C)NC(C(=O)OC(C)C)C(C)C.CC(C)N[C@@H](C(=O)OC(C)C)C(C)C.CC(C)N[C@@H](C)C(=O)OC1CCCCC1.CC(C)N[C@H](C(=O)OC(C)C)C(C)C.CC(C)N[C@H](C)C(=O)OC1CCCCC1. The number of carbonyl (C=O) groups is 8. The molecule has 0 spiro atoms. The maximum Gasteiger partial charge on any atom is 0.323 e. The van der Waals surface area contributed by atoms with Gasteiger partial charge >= 0.3 is 47.8 Å². The Bertz CT molecular complexity index is 2220. The van der Waals surface area contributed by atoms with Gasteiger partial charge in [-0.1, -0.05) is 207 Å². The molecule has 8 N–H and O–H groups in total. The number of nitrogens with one attached hydrogen (secondary N) is 8. The molecule has 2 fully saturated rings. The molecular weight excluding hydrogens is 1490 g/mol. The lowest BCUT2D eigenvalue weighted by Crippen LogP contribution is -2.46. The Labute approximate surface area is 718 Å². The molecule has 0 amide bonds. The monoisotopic (exact) mass is 1680 g/mol. The van der Waals surface area contributed by atoms with E-state index in [0.29, 0.717) is 66.1 Å². The lowest BCUT2D eigenvalue weighted by Gasteiger charge is -2.24. The van der Waals surface area contributed by atoms with Gasteiger partial charge in [-0.3, -0.25) is 38.4 Å². The van der Waals surface area contributed by atoms with E-state index in [1.54, 1.807) is 0 Å². The van der Waals surface area contributed by atoms with E-state index in [0.717, 1.165) is 44.9 Å². The van der Waals surface area contributed by atoms with Gasteiger partial charge in [-0.15, -0.1) is 0 Å². The first-order valence-corrected chi connectivity index (χ1v) is 45.4. The molecule has 2 rings (SSSR count). The lowest BCUT2D eigenvalue weighted by molar-refractivity contribution is -0.153. The van der Waals surface area contributed by atoms with E-state index < -0.39 is 0 Å². The molecular formula is C93H190N8O16. The minimum absolute atomic E-state index is 0.0406. The third-order valence-corrected chi connectivity index (χ3v) is 16.5. The van der Waals surface area contributed by atoms with Gasteiger partial charge in [0.2, 0.25) is 0 Å². The van der Waals surface area contributed by atoms with Gasteiger partial charge in [0, 0.05) is 48.3 Å². The van der Waals surface area contributed by atoms with Crippen molar-refractivity contribution in [2.45, 2.75) is 520 Å². The maximum atomic E-state index is 11.7. The minimum atomic E-state index is -0.197. The van der Waals surface area contributed by atoms with Crippen molar-refractivity contribution in [2.75, 3.05) is 0 Å². The van der Waals surface area contributed by atoms with Crippen molar-refractivity contribution in [1.29, 1.82) is 0 Å². The summed E-state index contributed by atoms with van der Waals surface area (Å²) in [5, 5.41) is 25.7. The summed E-state index contributed by atoms with van der Waals surface area (Å²) in [5.74, 6) is 1.17. The van der Waals surface area contributed by atoms with E-state index >= 15 is 0 Å². The first kappa shape index (κ1) is 123.